The first-order valence-corrected chi connectivity index (χ1v) is 10.5. The number of nitrogens with zero attached hydrogens (tertiary/aromatic N) is 1. The molecule has 0 radical (unpaired) electrons. The lowest BCUT2D eigenvalue weighted by molar-refractivity contribution is -0.122. The fourth-order valence-electron chi connectivity index (χ4n) is 3.28. The van der Waals surface area contributed by atoms with Crippen LogP contribution in [0.5, 0.6) is 5.75 Å². The van der Waals surface area contributed by atoms with Gasteiger partial charge in [-0.3, -0.25) is 9.59 Å². The Balaban J connectivity index is 1.62. The maximum Gasteiger partial charge on any atom is 0.265 e. The van der Waals surface area contributed by atoms with E-state index in [9.17, 15) is 9.59 Å². The van der Waals surface area contributed by atoms with Gasteiger partial charge in [0, 0.05) is 24.3 Å². The van der Waals surface area contributed by atoms with E-state index in [0.29, 0.717) is 30.1 Å². The van der Waals surface area contributed by atoms with E-state index in [2.05, 4.69) is 5.32 Å². The Morgan fingerprint density at radius 3 is 2.16 bits per heavy atom. The van der Waals surface area contributed by atoms with Gasteiger partial charge in [0.1, 0.15) is 5.75 Å². The van der Waals surface area contributed by atoms with E-state index in [-0.39, 0.29) is 11.8 Å². The molecule has 160 valence electrons. The van der Waals surface area contributed by atoms with Crippen LogP contribution in [0.1, 0.15) is 31.1 Å². The molecule has 0 spiro atoms. The standard InChI is InChI=1S/C26H28N2O3/c1-4-28(5-2)26(30)22-12-9-13-23(18-22)27-25(29)19(3)31-24-16-14-21(15-17-24)20-10-7-6-8-11-20/h6-19H,4-5H2,1-3H3,(H,27,29). The zero-order chi connectivity index (χ0) is 22.2. The molecule has 3 aromatic rings. The van der Waals surface area contributed by atoms with E-state index in [1.165, 1.54) is 0 Å². The van der Waals surface area contributed by atoms with Crippen LogP contribution in [0.2, 0.25) is 0 Å². The van der Waals surface area contributed by atoms with Crippen molar-refractivity contribution in [2.45, 2.75) is 26.9 Å². The van der Waals surface area contributed by atoms with Gasteiger partial charge < -0.3 is 15.0 Å². The molecule has 0 saturated heterocycles. The van der Waals surface area contributed by atoms with E-state index < -0.39 is 6.10 Å². The van der Waals surface area contributed by atoms with E-state index in [4.69, 9.17) is 4.74 Å². The molecule has 5 nitrogen and oxygen atoms in total. The minimum absolute atomic E-state index is 0.0519. The number of amides is 2. The van der Waals surface area contributed by atoms with Crippen molar-refractivity contribution >= 4 is 17.5 Å². The van der Waals surface area contributed by atoms with Crippen molar-refractivity contribution in [3.05, 3.63) is 84.4 Å². The lowest BCUT2D eigenvalue weighted by Crippen LogP contribution is -2.31. The number of carbonyl (C=O) groups excluding carboxylic acids is 2. The fourth-order valence-corrected chi connectivity index (χ4v) is 3.28. The van der Waals surface area contributed by atoms with Gasteiger partial charge in [-0.05, 0) is 62.2 Å². The molecule has 0 saturated carbocycles. The number of rotatable bonds is 8. The van der Waals surface area contributed by atoms with Gasteiger partial charge in [-0.1, -0.05) is 48.5 Å². The Morgan fingerprint density at radius 2 is 1.52 bits per heavy atom. The van der Waals surface area contributed by atoms with Gasteiger partial charge in [-0.25, -0.2) is 0 Å². The van der Waals surface area contributed by atoms with Crippen LogP contribution >= 0.6 is 0 Å². The zero-order valence-corrected chi connectivity index (χ0v) is 18.2. The normalized spacial score (nSPS) is 11.5. The van der Waals surface area contributed by atoms with E-state index in [1.807, 2.05) is 68.4 Å². The summed E-state index contributed by atoms with van der Waals surface area (Å²) >= 11 is 0. The molecule has 0 aliphatic heterocycles. The largest absolute Gasteiger partial charge is 0.481 e. The van der Waals surface area contributed by atoms with Crippen molar-refractivity contribution in [2.24, 2.45) is 0 Å². The predicted octanol–water partition coefficient (Wildman–Crippen LogP) is 5.24. The molecule has 3 rings (SSSR count). The number of anilines is 1. The average Bonchev–Trinajstić information content (AvgIpc) is 2.81. The first-order chi connectivity index (χ1) is 15.0. The van der Waals surface area contributed by atoms with Crippen LogP contribution in [-0.2, 0) is 4.79 Å². The highest BCUT2D eigenvalue weighted by Gasteiger charge is 2.17. The molecule has 0 aliphatic rings. The summed E-state index contributed by atoms with van der Waals surface area (Å²) in [6.07, 6.45) is -0.690. The summed E-state index contributed by atoms with van der Waals surface area (Å²) in [4.78, 5) is 26.9. The third kappa shape index (κ3) is 5.72. The molecule has 1 atom stereocenters. The van der Waals surface area contributed by atoms with Crippen molar-refractivity contribution in [1.82, 2.24) is 4.90 Å². The van der Waals surface area contributed by atoms with Gasteiger partial charge in [0.05, 0.1) is 0 Å². The highest BCUT2D eigenvalue weighted by Crippen LogP contribution is 2.23. The maximum atomic E-state index is 12.6. The fraction of sp³-hybridized carbons (Fsp3) is 0.231. The number of ether oxygens (including phenoxy) is 1. The molecule has 0 fully saturated rings. The molecule has 0 heterocycles. The third-order valence-electron chi connectivity index (χ3n) is 5.07. The highest BCUT2D eigenvalue weighted by atomic mass is 16.5. The summed E-state index contributed by atoms with van der Waals surface area (Å²) in [6, 6.07) is 24.7. The van der Waals surface area contributed by atoms with Gasteiger partial charge in [-0.15, -0.1) is 0 Å². The van der Waals surface area contributed by atoms with Crippen LogP contribution in [0, 0.1) is 0 Å². The first-order valence-electron chi connectivity index (χ1n) is 10.5. The van der Waals surface area contributed by atoms with Gasteiger partial charge in [-0.2, -0.15) is 0 Å². The smallest absolute Gasteiger partial charge is 0.265 e. The third-order valence-corrected chi connectivity index (χ3v) is 5.07. The Labute approximate surface area is 183 Å². The molecule has 5 heteroatoms. The SMILES string of the molecule is CCN(CC)C(=O)c1cccc(NC(=O)C(C)Oc2ccc(-c3ccccc3)cc2)c1. The Hall–Kier alpha value is -3.60. The maximum absolute atomic E-state index is 12.6. The van der Waals surface area contributed by atoms with Crippen molar-refractivity contribution in [1.29, 1.82) is 0 Å². The summed E-state index contributed by atoms with van der Waals surface area (Å²) < 4.78 is 5.80. The van der Waals surface area contributed by atoms with Crippen LogP contribution in [0.4, 0.5) is 5.69 Å². The number of benzene rings is 3. The van der Waals surface area contributed by atoms with E-state index in [1.54, 1.807) is 36.1 Å². The Morgan fingerprint density at radius 1 is 0.871 bits per heavy atom. The molecule has 3 aromatic carbocycles. The number of carbonyl (C=O) groups is 2. The monoisotopic (exact) mass is 416 g/mol. The quantitative estimate of drug-likeness (QED) is 0.546. The molecule has 0 bridgehead atoms. The lowest BCUT2D eigenvalue weighted by Gasteiger charge is -2.19. The summed E-state index contributed by atoms with van der Waals surface area (Å²) in [7, 11) is 0. The lowest BCUT2D eigenvalue weighted by atomic mass is 10.1. The van der Waals surface area contributed by atoms with Crippen molar-refractivity contribution in [3.63, 3.8) is 0 Å². The van der Waals surface area contributed by atoms with Crippen LogP contribution < -0.4 is 10.1 Å². The van der Waals surface area contributed by atoms with Crippen LogP contribution in [0.25, 0.3) is 11.1 Å². The van der Waals surface area contributed by atoms with Gasteiger partial charge >= 0.3 is 0 Å². The molecular weight excluding hydrogens is 388 g/mol. The Bertz CT molecular complexity index is 1010. The summed E-state index contributed by atoms with van der Waals surface area (Å²) in [6.45, 7) is 6.86. The molecular formula is C26H28N2O3. The second-order valence-electron chi connectivity index (χ2n) is 7.20. The van der Waals surface area contributed by atoms with Crippen LogP contribution in [-0.4, -0.2) is 35.9 Å². The molecule has 0 aromatic heterocycles. The first kappa shape index (κ1) is 22.1. The summed E-state index contributed by atoms with van der Waals surface area (Å²) in [5.41, 5.74) is 3.32. The second-order valence-corrected chi connectivity index (χ2v) is 7.20. The minimum atomic E-state index is -0.690. The molecule has 1 unspecified atom stereocenters. The van der Waals surface area contributed by atoms with Gasteiger partial charge in [0.15, 0.2) is 6.10 Å². The molecule has 2 amide bonds. The van der Waals surface area contributed by atoms with Crippen LogP contribution in [0.3, 0.4) is 0 Å². The van der Waals surface area contributed by atoms with Gasteiger partial charge in [0.25, 0.3) is 11.8 Å². The topological polar surface area (TPSA) is 58.6 Å². The van der Waals surface area contributed by atoms with Crippen molar-refractivity contribution in [3.8, 4) is 16.9 Å². The molecule has 31 heavy (non-hydrogen) atoms. The average molecular weight is 417 g/mol. The highest BCUT2D eigenvalue weighted by molar-refractivity contribution is 5.98. The summed E-state index contributed by atoms with van der Waals surface area (Å²) in [5.74, 6) is 0.288. The second kappa shape index (κ2) is 10.4. The van der Waals surface area contributed by atoms with Crippen molar-refractivity contribution < 1.29 is 14.3 Å². The number of nitrogens with one attached hydrogen (secondary N) is 1. The number of hydrogen-bond acceptors (Lipinski definition) is 3. The summed E-state index contributed by atoms with van der Waals surface area (Å²) in [5, 5.41) is 2.83. The van der Waals surface area contributed by atoms with E-state index >= 15 is 0 Å². The van der Waals surface area contributed by atoms with Gasteiger partial charge in [0.2, 0.25) is 0 Å². The van der Waals surface area contributed by atoms with Crippen LogP contribution in [0.15, 0.2) is 78.9 Å². The Kier molecular flexibility index (Phi) is 7.44. The van der Waals surface area contributed by atoms with E-state index in [0.717, 1.165) is 11.1 Å². The molecule has 0 aliphatic carbocycles. The molecule has 1 N–H and O–H groups in total. The predicted molar refractivity (Wildman–Crippen MR) is 124 cm³/mol. The van der Waals surface area contributed by atoms with Crippen molar-refractivity contribution in [2.75, 3.05) is 18.4 Å². The number of hydrogen-bond donors (Lipinski definition) is 1. The zero-order valence-electron chi connectivity index (χ0n) is 18.2. The minimum Gasteiger partial charge on any atom is -0.481 e.